The predicted molar refractivity (Wildman–Crippen MR) is 53.3 cm³/mol. The zero-order valence-electron chi connectivity index (χ0n) is 7.57. The van der Waals surface area contributed by atoms with Gasteiger partial charge in [-0.25, -0.2) is 0 Å². The van der Waals surface area contributed by atoms with Gasteiger partial charge >= 0.3 is 0 Å². The number of fused-ring (bicyclic) bond motifs is 1. The van der Waals surface area contributed by atoms with Crippen LogP contribution in [0.4, 0.5) is 0 Å². The highest BCUT2D eigenvalue weighted by Crippen LogP contribution is 2.24. The SMILES string of the molecule is CCn1nc(C(C)=O)c2sccc21. The summed E-state index contributed by atoms with van der Waals surface area (Å²) >= 11 is 1.57. The van der Waals surface area contributed by atoms with Crippen molar-refractivity contribution in [3.8, 4) is 0 Å². The van der Waals surface area contributed by atoms with Gasteiger partial charge in [0.15, 0.2) is 5.78 Å². The summed E-state index contributed by atoms with van der Waals surface area (Å²) in [6.45, 7) is 4.38. The first-order chi connectivity index (χ1) is 6.24. The van der Waals surface area contributed by atoms with Gasteiger partial charge in [0.05, 0.1) is 10.2 Å². The third-order valence-corrected chi connectivity index (χ3v) is 2.90. The van der Waals surface area contributed by atoms with E-state index >= 15 is 0 Å². The van der Waals surface area contributed by atoms with Gasteiger partial charge in [-0.1, -0.05) is 0 Å². The van der Waals surface area contributed by atoms with Crippen molar-refractivity contribution < 1.29 is 4.79 Å². The highest BCUT2D eigenvalue weighted by molar-refractivity contribution is 7.17. The molecule has 0 aliphatic rings. The summed E-state index contributed by atoms with van der Waals surface area (Å²) in [5.74, 6) is 0.0413. The molecule has 2 aromatic heterocycles. The second-order valence-corrected chi connectivity index (χ2v) is 3.77. The number of hydrogen-bond acceptors (Lipinski definition) is 3. The topological polar surface area (TPSA) is 34.9 Å². The lowest BCUT2D eigenvalue weighted by molar-refractivity contribution is 0.101. The molecule has 0 bridgehead atoms. The molecule has 13 heavy (non-hydrogen) atoms. The van der Waals surface area contributed by atoms with Crippen LogP contribution in [-0.2, 0) is 6.54 Å². The number of hydrogen-bond donors (Lipinski definition) is 0. The van der Waals surface area contributed by atoms with Gasteiger partial charge in [-0.2, -0.15) is 5.10 Å². The molecule has 0 radical (unpaired) electrons. The zero-order valence-corrected chi connectivity index (χ0v) is 8.39. The summed E-state index contributed by atoms with van der Waals surface area (Å²) in [6.07, 6.45) is 0. The molecule has 0 atom stereocenters. The molecule has 0 aliphatic heterocycles. The van der Waals surface area contributed by atoms with E-state index in [2.05, 4.69) is 5.10 Å². The number of Topliss-reactive ketones (excluding diaryl/α,β-unsaturated/α-hetero) is 1. The maximum Gasteiger partial charge on any atom is 0.181 e. The maximum absolute atomic E-state index is 11.2. The van der Waals surface area contributed by atoms with Crippen LogP contribution in [0.1, 0.15) is 24.3 Å². The first-order valence-electron chi connectivity index (χ1n) is 4.19. The van der Waals surface area contributed by atoms with Crippen molar-refractivity contribution in [2.75, 3.05) is 0 Å². The van der Waals surface area contributed by atoms with Crippen LogP contribution in [0.2, 0.25) is 0 Å². The largest absolute Gasteiger partial charge is 0.293 e. The molecule has 0 spiro atoms. The van der Waals surface area contributed by atoms with E-state index in [-0.39, 0.29) is 5.78 Å². The fourth-order valence-corrected chi connectivity index (χ4v) is 2.30. The fraction of sp³-hybridized carbons (Fsp3) is 0.333. The molecule has 2 heterocycles. The van der Waals surface area contributed by atoms with E-state index in [9.17, 15) is 4.79 Å². The summed E-state index contributed by atoms with van der Waals surface area (Å²) in [5, 5.41) is 6.24. The van der Waals surface area contributed by atoms with Crippen LogP contribution in [0.15, 0.2) is 11.4 Å². The first-order valence-corrected chi connectivity index (χ1v) is 5.07. The van der Waals surface area contributed by atoms with E-state index in [1.807, 2.05) is 23.1 Å². The lowest BCUT2D eigenvalue weighted by Crippen LogP contribution is -1.99. The number of rotatable bonds is 2. The smallest absolute Gasteiger partial charge is 0.181 e. The van der Waals surface area contributed by atoms with Gasteiger partial charge in [-0.15, -0.1) is 11.3 Å². The normalized spacial score (nSPS) is 10.9. The number of thiophene rings is 1. The Balaban J connectivity index is 2.75. The van der Waals surface area contributed by atoms with Crippen LogP contribution < -0.4 is 0 Å². The third kappa shape index (κ3) is 1.18. The van der Waals surface area contributed by atoms with Crippen LogP contribution >= 0.6 is 11.3 Å². The number of ketones is 1. The summed E-state index contributed by atoms with van der Waals surface area (Å²) < 4.78 is 2.87. The van der Waals surface area contributed by atoms with E-state index in [4.69, 9.17) is 0 Å². The summed E-state index contributed by atoms with van der Waals surface area (Å²) in [7, 11) is 0. The number of aromatic nitrogens is 2. The van der Waals surface area contributed by atoms with Crippen LogP contribution in [0.25, 0.3) is 10.2 Å². The zero-order chi connectivity index (χ0) is 9.42. The average Bonchev–Trinajstić information content (AvgIpc) is 2.61. The Morgan fingerprint density at radius 2 is 2.46 bits per heavy atom. The predicted octanol–water partition coefficient (Wildman–Crippen LogP) is 2.32. The average molecular weight is 194 g/mol. The molecule has 0 N–H and O–H groups in total. The van der Waals surface area contributed by atoms with Crippen LogP contribution in [0.5, 0.6) is 0 Å². The minimum absolute atomic E-state index is 0.0413. The van der Waals surface area contributed by atoms with E-state index in [0.29, 0.717) is 5.69 Å². The molecule has 0 aliphatic carbocycles. The number of nitrogens with zero attached hydrogens (tertiary/aromatic N) is 2. The quantitative estimate of drug-likeness (QED) is 0.688. The van der Waals surface area contributed by atoms with Crippen LogP contribution in [-0.4, -0.2) is 15.6 Å². The molecule has 3 nitrogen and oxygen atoms in total. The van der Waals surface area contributed by atoms with Gasteiger partial charge < -0.3 is 0 Å². The van der Waals surface area contributed by atoms with Crippen LogP contribution in [0.3, 0.4) is 0 Å². The Labute approximate surface area is 80.0 Å². The maximum atomic E-state index is 11.2. The second kappa shape index (κ2) is 2.96. The highest BCUT2D eigenvalue weighted by Gasteiger charge is 2.13. The van der Waals surface area contributed by atoms with Crippen molar-refractivity contribution in [3.63, 3.8) is 0 Å². The molecule has 0 fully saturated rings. The van der Waals surface area contributed by atoms with Crippen molar-refractivity contribution in [2.24, 2.45) is 0 Å². The number of aryl methyl sites for hydroxylation is 1. The lowest BCUT2D eigenvalue weighted by Gasteiger charge is -1.93. The molecule has 68 valence electrons. The van der Waals surface area contributed by atoms with E-state index < -0.39 is 0 Å². The van der Waals surface area contributed by atoms with Gasteiger partial charge in [0.25, 0.3) is 0 Å². The van der Waals surface area contributed by atoms with E-state index in [1.54, 1.807) is 18.3 Å². The van der Waals surface area contributed by atoms with Crippen molar-refractivity contribution in [2.45, 2.75) is 20.4 Å². The second-order valence-electron chi connectivity index (χ2n) is 2.86. The van der Waals surface area contributed by atoms with Crippen molar-refractivity contribution in [1.82, 2.24) is 9.78 Å². The number of carbonyl (C=O) groups is 1. The molecule has 2 rings (SSSR count). The fourth-order valence-electron chi connectivity index (χ4n) is 1.37. The standard InChI is InChI=1S/C9H10N2OS/c1-3-11-7-4-5-13-9(7)8(10-11)6(2)12/h4-5H,3H2,1-2H3. The molecule has 0 unspecified atom stereocenters. The highest BCUT2D eigenvalue weighted by atomic mass is 32.1. The van der Waals surface area contributed by atoms with Crippen molar-refractivity contribution in [3.05, 3.63) is 17.1 Å². The van der Waals surface area contributed by atoms with Gasteiger partial charge in [-0.05, 0) is 18.4 Å². The molecular formula is C9H10N2OS. The molecule has 4 heteroatoms. The Kier molecular flexibility index (Phi) is 1.92. The van der Waals surface area contributed by atoms with Gasteiger partial charge in [-0.3, -0.25) is 9.48 Å². The lowest BCUT2D eigenvalue weighted by atomic mass is 10.3. The monoisotopic (exact) mass is 194 g/mol. The minimum atomic E-state index is 0.0413. The molecule has 0 saturated carbocycles. The van der Waals surface area contributed by atoms with Crippen molar-refractivity contribution in [1.29, 1.82) is 0 Å². The first kappa shape index (κ1) is 8.44. The molecule has 0 aromatic carbocycles. The number of carbonyl (C=O) groups excluding carboxylic acids is 1. The molecular weight excluding hydrogens is 184 g/mol. The Morgan fingerprint density at radius 3 is 3.08 bits per heavy atom. The van der Waals surface area contributed by atoms with Gasteiger partial charge in [0.2, 0.25) is 0 Å². The summed E-state index contributed by atoms with van der Waals surface area (Å²) in [5.41, 5.74) is 1.67. The van der Waals surface area contributed by atoms with E-state index in [0.717, 1.165) is 16.8 Å². The molecule has 0 amide bonds. The summed E-state index contributed by atoms with van der Waals surface area (Å²) in [6, 6.07) is 2.00. The van der Waals surface area contributed by atoms with Crippen LogP contribution in [0, 0.1) is 0 Å². The van der Waals surface area contributed by atoms with Gasteiger partial charge in [0.1, 0.15) is 5.69 Å². The third-order valence-electron chi connectivity index (χ3n) is 1.99. The van der Waals surface area contributed by atoms with Gasteiger partial charge in [0, 0.05) is 13.5 Å². The Hall–Kier alpha value is -1.16. The summed E-state index contributed by atoms with van der Waals surface area (Å²) in [4.78, 5) is 11.2. The Bertz CT molecular complexity index is 455. The van der Waals surface area contributed by atoms with E-state index in [1.165, 1.54) is 0 Å². The van der Waals surface area contributed by atoms with Crippen molar-refractivity contribution >= 4 is 27.3 Å². The molecule has 0 saturated heterocycles. The minimum Gasteiger partial charge on any atom is -0.293 e. The molecule has 2 aromatic rings. The Morgan fingerprint density at radius 1 is 1.69 bits per heavy atom.